The Morgan fingerprint density at radius 2 is 2.10 bits per heavy atom. The zero-order chi connectivity index (χ0) is 14.7. The van der Waals surface area contributed by atoms with Crippen LogP contribution in [-0.4, -0.2) is 21.9 Å². The standard InChI is InChI=1S/C12H11ClN4O3/c1-7-5-11(16-12(14-2)15-7)20-10-4-3-8(13)6-9(10)17(18)19/h3-6H,1-2H3,(H,14,15,16). The lowest BCUT2D eigenvalue weighted by Crippen LogP contribution is -2.00. The first-order valence-corrected chi connectivity index (χ1v) is 6.02. The Morgan fingerprint density at radius 3 is 2.75 bits per heavy atom. The molecule has 0 aliphatic carbocycles. The number of aryl methyl sites for hydroxylation is 1. The van der Waals surface area contributed by atoms with Gasteiger partial charge in [-0.1, -0.05) is 11.6 Å². The van der Waals surface area contributed by atoms with Gasteiger partial charge in [0.25, 0.3) is 0 Å². The van der Waals surface area contributed by atoms with E-state index < -0.39 is 4.92 Å². The molecule has 0 unspecified atom stereocenters. The Balaban J connectivity index is 2.39. The third kappa shape index (κ3) is 3.12. The summed E-state index contributed by atoms with van der Waals surface area (Å²) < 4.78 is 5.46. The van der Waals surface area contributed by atoms with Crippen LogP contribution < -0.4 is 10.1 Å². The summed E-state index contributed by atoms with van der Waals surface area (Å²) in [6.07, 6.45) is 0. The van der Waals surface area contributed by atoms with Gasteiger partial charge in [0.05, 0.1) is 4.92 Å². The molecule has 0 saturated heterocycles. The van der Waals surface area contributed by atoms with Gasteiger partial charge in [-0.3, -0.25) is 10.1 Å². The maximum Gasteiger partial charge on any atom is 0.313 e. The van der Waals surface area contributed by atoms with Gasteiger partial charge >= 0.3 is 5.69 Å². The number of nitro benzene ring substituents is 1. The highest BCUT2D eigenvalue weighted by atomic mass is 35.5. The largest absolute Gasteiger partial charge is 0.432 e. The highest BCUT2D eigenvalue weighted by Crippen LogP contribution is 2.33. The molecule has 0 spiro atoms. The van der Waals surface area contributed by atoms with Crippen molar-refractivity contribution in [2.24, 2.45) is 0 Å². The normalized spacial score (nSPS) is 10.2. The molecule has 0 radical (unpaired) electrons. The van der Waals surface area contributed by atoms with E-state index in [4.69, 9.17) is 16.3 Å². The molecule has 20 heavy (non-hydrogen) atoms. The number of ether oxygens (including phenoxy) is 1. The maximum absolute atomic E-state index is 11.0. The van der Waals surface area contributed by atoms with Gasteiger partial charge in [0.15, 0.2) is 0 Å². The molecule has 0 aliphatic heterocycles. The lowest BCUT2D eigenvalue weighted by atomic mass is 10.3. The fourth-order valence-electron chi connectivity index (χ4n) is 1.54. The van der Waals surface area contributed by atoms with Crippen molar-refractivity contribution < 1.29 is 9.66 Å². The minimum absolute atomic E-state index is 0.0690. The van der Waals surface area contributed by atoms with Crippen LogP contribution in [0, 0.1) is 17.0 Å². The smallest absolute Gasteiger partial charge is 0.313 e. The van der Waals surface area contributed by atoms with Crippen LogP contribution in [0.2, 0.25) is 5.02 Å². The zero-order valence-electron chi connectivity index (χ0n) is 10.8. The van der Waals surface area contributed by atoms with E-state index in [1.165, 1.54) is 18.2 Å². The quantitative estimate of drug-likeness (QED) is 0.688. The van der Waals surface area contributed by atoms with Gasteiger partial charge in [-0.25, -0.2) is 4.98 Å². The van der Waals surface area contributed by atoms with E-state index in [9.17, 15) is 10.1 Å². The highest BCUT2D eigenvalue weighted by Gasteiger charge is 2.17. The molecule has 2 rings (SSSR count). The lowest BCUT2D eigenvalue weighted by molar-refractivity contribution is -0.385. The van der Waals surface area contributed by atoms with Crippen LogP contribution in [0.15, 0.2) is 24.3 Å². The average Bonchev–Trinajstić information content (AvgIpc) is 2.40. The second-order valence-corrected chi connectivity index (χ2v) is 4.33. The third-order valence-corrected chi connectivity index (χ3v) is 2.62. The second kappa shape index (κ2) is 5.70. The number of halogens is 1. The zero-order valence-corrected chi connectivity index (χ0v) is 11.5. The van der Waals surface area contributed by atoms with E-state index in [0.29, 0.717) is 11.6 Å². The number of anilines is 1. The Hall–Kier alpha value is -2.41. The van der Waals surface area contributed by atoms with Crippen molar-refractivity contribution in [1.82, 2.24) is 9.97 Å². The summed E-state index contributed by atoms with van der Waals surface area (Å²) in [5.74, 6) is 0.656. The molecule has 0 atom stereocenters. The first-order chi connectivity index (χ1) is 9.49. The fraction of sp³-hybridized carbons (Fsp3) is 0.167. The number of rotatable bonds is 4. The summed E-state index contributed by atoms with van der Waals surface area (Å²) in [4.78, 5) is 18.6. The van der Waals surface area contributed by atoms with Crippen molar-refractivity contribution in [2.45, 2.75) is 6.92 Å². The van der Waals surface area contributed by atoms with Crippen molar-refractivity contribution in [3.05, 3.63) is 45.1 Å². The molecule has 1 heterocycles. The highest BCUT2D eigenvalue weighted by molar-refractivity contribution is 6.30. The minimum atomic E-state index is -0.561. The molecule has 1 aromatic heterocycles. The van der Waals surface area contributed by atoms with Crippen LogP contribution in [0.3, 0.4) is 0 Å². The summed E-state index contributed by atoms with van der Waals surface area (Å²) >= 11 is 5.74. The van der Waals surface area contributed by atoms with Gasteiger partial charge in [0, 0.05) is 29.9 Å². The monoisotopic (exact) mass is 294 g/mol. The maximum atomic E-state index is 11.0. The number of nitro groups is 1. The SMILES string of the molecule is CNc1nc(C)cc(Oc2ccc(Cl)cc2[N+](=O)[O-])n1. The Morgan fingerprint density at radius 1 is 1.35 bits per heavy atom. The number of benzene rings is 1. The van der Waals surface area contributed by atoms with Crippen LogP contribution in [0.4, 0.5) is 11.6 Å². The summed E-state index contributed by atoms with van der Waals surface area (Å²) in [5.41, 5.74) is 0.454. The van der Waals surface area contributed by atoms with Crippen LogP contribution in [0.25, 0.3) is 0 Å². The molecule has 0 amide bonds. The molecule has 0 bridgehead atoms. The molecule has 1 aromatic carbocycles. The topological polar surface area (TPSA) is 90.2 Å². The van der Waals surface area contributed by atoms with Gasteiger partial charge in [0.1, 0.15) is 0 Å². The molecular weight excluding hydrogens is 284 g/mol. The molecule has 0 saturated carbocycles. The minimum Gasteiger partial charge on any atom is -0.432 e. The van der Waals surface area contributed by atoms with E-state index in [1.54, 1.807) is 20.0 Å². The molecule has 0 fully saturated rings. The van der Waals surface area contributed by atoms with Crippen LogP contribution in [-0.2, 0) is 0 Å². The Labute approximate surface area is 119 Å². The van der Waals surface area contributed by atoms with Gasteiger partial charge in [-0.2, -0.15) is 4.98 Å². The van der Waals surface area contributed by atoms with Crippen molar-refractivity contribution in [1.29, 1.82) is 0 Å². The summed E-state index contributed by atoms with van der Waals surface area (Å²) in [7, 11) is 1.67. The Bertz CT molecular complexity index is 663. The third-order valence-electron chi connectivity index (χ3n) is 2.39. The molecule has 0 aliphatic rings. The predicted octanol–water partition coefficient (Wildman–Crippen LogP) is 3.18. The number of aromatic nitrogens is 2. The molecule has 104 valence electrons. The summed E-state index contributed by atoms with van der Waals surface area (Å²) in [5, 5.41) is 14.0. The van der Waals surface area contributed by atoms with Crippen LogP contribution >= 0.6 is 11.6 Å². The molecule has 7 nitrogen and oxygen atoms in total. The van der Waals surface area contributed by atoms with E-state index >= 15 is 0 Å². The van der Waals surface area contributed by atoms with Gasteiger partial charge in [-0.05, 0) is 19.1 Å². The Kier molecular flexibility index (Phi) is 3.99. The van der Waals surface area contributed by atoms with Crippen LogP contribution in [0.5, 0.6) is 11.6 Å². The molecular formula is C12H11ClN4O3. The van der Waals surface area contributed by atoms with E-state index in [2.05, 4.69) is 15.3 Å². The molecule has 1 N–H and O–H groups in total. The van der Waals surface area contributed by atoms with Gasteiger partial charge < -0.3 is 10.1 Å². The van der Waals surface area contributed by atoms with E-state index in [1.807, 2.05) is 0 Å². The predicted molar refractivity (Wildman–Crippen MR) is 74.5 cm³/mol. The number of hydrogen-bond acceptors (Lipinski definition) is 6. The average molecular weight is 295 g/mol. The number of nitrogens with zero attached hydrogens (tertiary/aromatic N) is 3. The molecule has 2 aromatic rings. The second-order valence-electron chi connectivity index (χ2n) is 3.89. The summed E-state index contributed by atoms with van der Waals surface area (Å²) in [6, 6.07) is 5.75. The summed E-state index contributed by atoms with van der Waals surface area (Å²) in [6.45, 7) is 1.77. The van der Waals surface area contributed by atoms with Crippen molar-refractivity contribution in [2.75, 3.05) is 12.4 Å². The van der Waals surface area contributed by atoms with E-state index in [0.717, 1.165) is 0 Å². The fourth-order valence-corrected chi connectivity index (χ4v) is 1.70. The van der Waals surface area contributed by atoms with Gasteiger partial charge in [0.2, 0.25) is 17.6 Å². The lowest BCUT2D eigenvalue weighted by Gasteiger charge is -2.07. The van der Waals surface area contributed by atoms with Crippen molar-refractivity contribution >= 4 is 23.2 Å². The van der Waals surface area contributed by atoms with Crippen molar-refractivity contribution in [3.63, 3.8) is 0 Å². The number of hydrogen-bond donors (Lipinski definition) is 1. The van der Waals surface area contributed by atoms with Gasteiger partial charge in [-0.15, -0.1) is 0 Å². The first kappa shape index (κ1) is 14.0. The number of nitrogens with one attached hydrogen (secondary N) is 1. The van der Waals surface area contributed by atoms with Crippen molar-refractivity contribution in [3.8, 4) is 11.6 Å². The first-order valence-electron chi connectivity index (χ1n) is 5.65. The molecule has 8 heteroatoms. The van der Waals surface area contributed by atoms with Crippen LogP contribution in [0.1, 0.15) is 5.69 Å². The van der Waals surface area contributed by atoms with E-state index in [-0.39, 0.29) is 22.3 Å².